The van der Waals surface area contributed by atoms with E-state index < -0.39 is 19.9 Å². The van der Waals surface area contributed by atoms with Gasteiger partial charge in [-0.05, 0) is 53.6 Å². The van der Waals surface area contributed by atoms with Crippen molar-refractivity contribution < 1.29 is 16.8 Å². The highest BCUT2D eigenvalue weighted by Crippen LogP contribution is 2.41. The Morgan fingerprint density at radius 3 is 2.12 bits per heavy atom. The minimum absolute atomic E-state index is 0.00959. The van der Waals surface area contributed by atoms with Gasteiger partial charge >= 0.3 is 0 Å². The minimum atomic E-state index is -3.75. The van der Waals surface area contributed by atoms with E-state index in [1.807, 2.05) is 18.2 Å². The topological polar surface area (TPSA) is 80.3 Å². The van der Waals surface area contributed by atoms with Crippen LogP contribution in [-0.2, 0) is 25.3 Å². The molecule has 2 aromatic carbocycles. The summed E-state index contributed by atoms with van der Waals surface area (Å²) in [5, 5.41) is 0. The third-order valence-electron chi connectivity index (χ3n) is 4.98. The molecule has 0 bridgehead atoms. The molecule has 3 rings (SSSR count). The molecule has 1 aliphatic rings. The van der Waals surface area contributed by atoms with Crippen molar-refractivity contribution >= 4 is 19.9 Å². The first-order valence-electron chi connectivity index (χ1n) is 8.43. The fourth-order valence-corrected chi connectivity index (χ4v) is 5.34. The average molecular weight is 394 g/mol. The average Bonchev–Trinajstić information content (AvgIpc) is 2.57. The van der Waals surface area contributed by atoms with Crippen LogP contribution < -0.4 is 4.72 Å². The monoisotopic (exact) mass is 393 g/mol. The van der Waals surface area contributed by atoms with Crippen molar-refractivity contribution in [1.82, 2.24) is 4.72 Å². The summed E-state index contributed by atoms with van der Waals surface area (Å²) in [6, 6.07) is 12.9. The lowest BCUT2D eigenvalue weighted by atomic mass is 9.71. The molecule has 1 atom stereocenters. The number of sulfone groups is 1. The lowest BCUT2D eigenvalue weighted by Gasteiger charge is -2.37. The molecule has 26 heavy (non-hydrogen) atoms. The summed E-state index contributed by atoms with van der Waals surface area (Å²) in [5.74, 6) is 0. The van der Waals surface area contributed by atoms with Gasteiger partial charge in [0.05, 0.1) is 9.79 Å². The Labute approximate surface area is 155 Å². The van der Waals surface area contributed by atoms with Crippen molar-refractivity contribution in [3.63, 3.8) is 0 Å². The van der Waals surface area contributed by atoms with Crippen LogP contribution >= 0.6 is 0 Å². The van der Waals surface area contributed by atoms with Gasteiger partial charge < -0.3 is 0 Å². The van der Waals surface area contributed by atoms with Crippen molar-refractivity contribution in [3.05, 3.63) is 59.7 Å². The summed E-state index contributed by atoms with van der Waals surface area (Å²) >= 11 is 0. The zero-order valence-electron chi connectivity index (χ0n) is 15.1. The van der Waals surface area contributed by atoms with Gasteiger partial charge in [-0.15, -0.1) is 0 Å². The molecule has 0 aromatic heterocycles. The standard InChI is InChI=1S/C19H23NO4S2/c1-19(2)13-12-18(16-6-4-5-7-17(16)19)20-26(23,24)15-10-8-14(9-11-15)25(3,21)22/h4-11,18,20H,12-13H2,1-3H3. The fourth-order valence-electron chi connectivity index (χ4n) is 3.46. The Morgan fingerprint density at radius 2 is 1.50 bits per heavy atom. The van der Waals surface area contributed by atoms with Gasteiger partial charge in [0.25, 0.3) is 0 Å². The van der Waals surface area contributed by atoms with Gasteiger partial charge in [0.1, 0.15) is 0 Å². The van der Waals surface area contributed by atoms with Crippen LogP contribution in [0.1, 0.15) is 43.9 Å². The Kier molecular flexibility index (Phi) is 4.75. The van der Waals surface area contributed by atoms with Crippen LogP contribution in [0.25, 0.3) is 0 Å². The summed E-state index contributed by atoms with van der Waals surface area (Å²) in [4.78, 5) is 0.161. The number of rotatable bonds is 4. The molecule has 0 spiro atoms. The van der Waals surface area contributed by atoms with Crippen LogP contribution in [0.3, 0.4) is 0 Å². The van der Waals surface area contributed by atoms with Crippen molar-refractivity contribution in [2.75, 3.05) is 6.26 Å². The summed E-state index contributed by atoms with van der Waals surface area (Å²) in [5.41, 5.74) is 2.17. The van der Waals surface area contributed by atoms with E-state index in [1.165, 1.54) is 24.3 Å². The van der Waals surface area contributed by atoms with Crippen molar-refractivity contribution in [2.24, 2.45) is 0 Å². The molecule has 0 aliphatic heterocycles. The maximum atomic E-state index is 12.8. The predicted octanol–water partition coefficient (Wildman–Crippen LogP) is 3.18. The molecular weight excluding hydrogens is 370 g/mol. The van der Waals surface area contributed by atoms with E-state index in [4.69, 9.17) is 0 Å². The smallest absolute Gasteiger partial charge is 0.224 e. The molecule has 0 fully saturated rings. The first kappa shape index (κ1) is 19.1. The maximum Gasteiger partial charge on any atom is 0.241 e. The molecule has 0 saturated heterocycles. The van der Waals surface area contributed by atoms with Crippen molar-refractivity contribution in [3.8, 4) is 0 Å². The first-order chi connectivity index (χ1) is 12.0. The molecule has 0 saturated carbocycles. The molecule has 2 aromatic rings. The number of hydrogen-bond donors (Lipinski definition) is 1. The predicted molar refractivity (Wildman–Crippen MR) is 101 cm³/mol. The third-order valence-corrected chi connectivity index (χ3v) is 7.60. The van der Waals surface area contributed by atoms with Crippen molar-refractivity contribution in [1.29, 1.82) is 0 Å². The first-order valence-corrected chi connectivity index (χ1v) is 11.8. The van der Waals surface area contributed by atoms with Crippen LogP contribution in [0.15, 0.2) is 58.3 Å². The number of sulfonamides is 1. The van der Waals surface area contributed by atoms with Gasteiger partial charge in [-0.2, -0.15) is 0 Å². The van der Waals surface area contributed by atoms with Gasteiger partial charge in [0, 0.05) is 12.3 Å². The Hall–Kier alpha value is -1.70. The summed E-state index contributed by atoms with van der Waals surface area (Å²) in [7, 11) is -7.11. The lowest BCUT2D eigenvalue weighted by Crippen LogP contribution is -2.35. The summed E-state index contributed by atoms with van der Waals surface area (Å²) in [6.45, 7) is 4.33. The Balaban J connectivity index is 1.91. The number of fused-ring (bicyclic) bond motifs is 1. The van der Waals surface area contributed by atoms with E-state index in [0.29, 0.717) is 6.42 Å². The van der Waals surface area contributed by atoms with Gasteiger partial charge in [-0.25, -0.2) is 21.6 Å². The number of benzene rings is 2. The second kappa shape index (κ2) is 6.48. The fraction of sp³-hybridized carbons (Fsp3) is 0.368. The van der Waals surface area contributed by atoms with Crippen LogP contribution in [0.2, 0.25) is 0 Å². The molecule has 0 amide bonds. The molecular formula is C19H23NO4S2. The van der Waals surface area contributed by atoms with Gasteiger partial charge in [-0.1, -0.05) is 38.1 Å². The van der Waals surface area contributed by atoms with E-state index >= 15 is 0 Å². The highest BCUT2D eigenvalue weighted by atomic mass is 32.2. The van der Waals surface area contributed by atoms with E-state index in [0.717, 1.165) is 23.8 Å². The molecule has 1 aliphatic carbocycles. The van der Waals surface area contributed by atoms with Gasteiger partial charge in [0.2, 0.25) is 10.0 Å². The largest absolute Gasteiger partial charge is 0.241 e. The van der Waals surface area contributed by atoms with Gasteiger partial charge in [-0.3, -0.25) is 0 Å². The zero-order valence-corrected chi connectivity index (χ0v) is 16.7. The normalized spacial score (nSPS) is 19.7. The van der Waals surface area contributed by atoms with E-state index in [1.54, 1.807) is 0 Å². The molecule has 140 valence electrons. The second-order valence-electron chi connectivity index (χ2n) is 7.43. The maximum absolute atomic E-state index is 12.8. The van der Waals surface area contributed by atoms with E-state index in [2.05, 4.69) is 24.6 Å². The molecule has 7 heteroatoms. The van der Waals surface area contributed by atoms with Crippen LogP contribution in [0, 0.1) is 0 Å². The van der Waals surface area contributed by atoms with Crippen molar-refractivity contribution in [2.45, 2.75) is 47.9 Å². The van der Waals surface area contributed by atoms with Crippen LogP contribution in [0.4, 0.5) is 0 Å². The summed E-state index contributed by atoms with van der Waals surface area (Å²) < 4.78 is 51.4. The SMILES string of the molecule is CC1(C)CCC(NS(=O)(=O)c2ccc(S(C)(=O)=O)cc2)c2ccccc21. The Morgan fingerprint density at radius 1 is 0.923 bits per heavy atom. The molecule has 1 N–H and O–H groups in total. The lowest BCUT2D eigenvalue weighted by molar-refractivity contribution is 0.381. The minimum Gasteiger partial charge on any atom is -0.224 e. The number of hydrogen-bond acceptors (Lipinski definition) is 4. The van der Waals surface area contributed by atoms with E-state index in [9.17, 15) is 16.8 Å². The van der Waals surface area contributed by atoms with Gasteiger partial charge in [0.15, 0.2) is 9.84 Å². The molecule has 1 unspecified atom stereocenters. The molecule has 0 radical (unpaired) electrons. The quantitative estimate of drug-likeness (QED) is 0.865. The third kappa shape index (κ3) is 3.70. The molecule has 5 nitrogen and oxygen atoms in total. The van der Waals surface area contributed by atoms with Crippen LogP contribution in [-0.4, -0.2) is 23.1 Å². The Bertz CT molecular complexity index is 1020. The van der Waals surface area contributed by atoms with Crippen LogP contribution in [0.5, 0.6) is 0 Å². The second-order valence-corrected chi connectivity index (χ2v) is 11.2. The molecule has 0 heterocycles. The number of nitrogens with one attached hydrogen (secondary N) is 1. The summed E-state index contributed by atoms with van der Waals surface area (Å²) in [6.07, 6.45) is 2.68. The zero-order chi connectivity index (χ0) is 19.2. The highest BCUT2D eigenvalue weighted by Gasteiger charge is 2.34. The highest BCUT2D eigenvalue weighted by molar-refractivity contribution is 7.90. The van der Waals surface area contributed by atoms with E-state index in [-0.39, 0.29) is 21.2 Å².